The molecule has 0 spiro atoms. The fourth-order valence-electron chi connectivity index (χ4n) is 3.06. The molecule has 3 nitrogen and oxygen atoms in total. The fraction of sp³-hybridized carbons (Fsp3) is 0.471. The van der Waals surface area contributed by atoms with Gasteiger partial charge in [0, 0.05) is 36.1 Å². The maximum atomic E-state index is 13.8. The summed E-state index contributed by atoms with van der Waals surface area (Å²) in [7, 11) is 0. The third-order valence-corrected chi connectivity index (χ3v) is 5.21. The van der Waals surface area contributed by atoms with Gasteiger partial charge in [0.2, 0.25) is 0 Å². The average molecular weight is 320 g/mol. The number of piperidine rings is 1. The highest BCUT2D eigenvalue weighted by Gasteiger charge is 2.30. The molecule has 1 aromatic carbocycles. The minimum absolute atomic E-state index is 0.0113. The highest BCUT2D eigenvalue weighted by Crippen LogP contribution is 2.31. The van der Waals surface area contributed by atoms with Crippen LogP contribution in [-0.4, -0.2) is 34.7 Å². The van der Waals surface area contributed by atoms with Gasteiger partial charge >= 0.3 is 0 Å². The van der Waals surface area contributed by atoms with Crippen molar-refractivity contribution in [1.82, 2.24) is 9.88 Å². The molecule has 2 aromatic rings. The first-order chi connectivity index (χ1) is 10.6. The van der Waals surface area contributed by atoms with Gasteiger partial charge in [-0.2, -0.15) is 0 Å². The van der Waals surface area contributed by atoms with E-state index in [0.29, 0.717) is 5.56 Å². The van der Waals surface area contributed by atoms with E-state index in [9.17, 15) is 9.50 Å². The topological polar surface area (TPSA) is 36.4 Å². The van der Waals surface area contributed by atoms with E-state index in [1.165, 1.54) is 17.4 Å². The van der Waals surface area contributed by atoms with Crippen LogP contribution in [0.3, 0.4) is 0 Å². The van der Waals surface area contributed by atoms with E-state index in [1.54, 1.807) is 12.1 Å². The Labute approximate surface area is 134 Å². The van der Waals surface area contributed by atoms with Gasteiger partial charge in [-0.25, -0.2) is 9.37 Å². The van der Waals surface area contributed by atoms with Crippen molar-refractivity contribution in [3.05, 3.63) is 41.2 Å². The third-order valence-electron chi connectivity index (χ3n) is 4.28. The quantitative estimate of drug-likeness (QED) is 0.936. The molecule has 1 N–H and O–H groups in total. The Bertz CT molecular complexity index is 645. The number of likely N-dealkylation sites (tertiary alicyclic amines) is 1. The first-order valence-corrected chi connectivity index (χ1v) is 8.50. The van der Waals surface area contributed by atoms with Gasteiger partial charge in [-0.1, -0.05) is 19.1 Å². The van der Waals surface area contributed by atoms with Gasteiger partial charge in [-0.3, -0.25) is 4.90 Å². The van der Waals surface area contributed by atoms with Gasteiger partial charge in [0.05, 0.1) is 5.69 Å². The first kappa shape index (κ1) is 15.6. The van der Waals surface area contributed by atoms with Crippen molar-refractivity contribution < 1.29 is 9.50 Å². The van der Waals surface area contributed by atoms with Gasteiger partial charge < -0.3 is 5.11 Å². The molecule has 0 saturated carbocycles. The van der Waals surface area contributed by atoms with Crippen LogP contribution in [0, 0.1) is 11.2 Å². The monoisotopic (exact) mass is 320 g/mol. The summed E-state index contributed by atoms with van der Waals surface area (Å²) in [6, 6.07) is 6.75. The van der Waals surface area contributed by atoms with E-state index in [1.807, 2.05) is 11.4 Å². The molecule has 2 heterocycles. The number of nitrogens with zero attached hydrogens (tertiary/aromatic N) is 2. The van der Waals surface area contributed by atoms with Crippen LogP contribution in [0.4, 0.5) is 4.39 Å². The summed E-state index contributed by atoms with van der Waals surface area (Å²) in [4.78, 5) is 6.92. The van der Waals surface area contributed by atoms with E-state index in [0.717, 1.165) is 43.2 Å². The van der Waals surface area contributed by atoms with E-state index < -0.39 is 0 Å². The predicted octanol–water partition coefficient (Wildman–Crippen LogP) is 3.54. The molecule has 1 aliphatic rings. The molecule has 0 amide bonds. The maximum absolute atomic E-state index is 13.8. The van der Waals surface area contributed by atoms with Gasteiger partial charge in [0.1, 0.15) is 10.8 Å². The molecule has 0 radical (unpaired) electrons. The van der Waals surface area contributed by atoms with Crippen LogP contribution in [0.1, 0.15) is 25.5 Å². The largest absolute Gasteiger partial charge is 0.396 e. The van der Waals surface area contributed by atoms with Crippen molar-refractivity contribution in [1.29, 1.82) is 0 Å². The Morgan fingerprint density at radius 3 is 3.00 bits per heavy atom. The van der Waals surface area contributed by atoms with Crippen LogP contribution in [0.5, 0.6) is 0 Å². The smallest absolute Gasteiger partial charge is 0.133 e. The molecule has 1 saturated heterocycles. The Morgan fingerprint density at radius 1 is 1.41 bits per heavy atom. The van der Waals surface area contributed by atoms with Crippen LogP contribution >= 0.6 is 11.3 Å². The molecule has 1 unspecified atom stereocenters. The Kier molecular flexibility index (Phi) is 4.57. The lowest BCUT2D eigenvalue weighted by atomic mass is 9.83. The van der Waals surface area contributed by atoms with Crippen LogP contribution in [0.2, 0.25) is 0 Å². The second kappa shape index (κ2) is 6.44. The molecule has 3 rings (SSSR count). The lowest BCUT2D eigenvalue weighted by Crippen LogP contribution is -2.43. The van der Waals surface area contributed by atoms with E-state index in [2.05, 4.69) is 16.8 Å². The first-order valence-electron chi connectivity index (χ1n) is 7.62. The number of benzene rings is 1. The van der Waals surface area contributed by atoms with Gasteiger partial charge in [0.25, 0.3) is 0 Å². The molecule has 0 aliphatic carbocycles. The molecular formula is C17H21FN2OS. The van der Waals surface area contributed by atoms with Gasteiger partial charge in [0.15, 0.2) is 0 Å². The van der Waals surface area contributed by atoms with E-state index in [4.69, 9.17) is 0 Å². The van der Waals surface area contributed by atoms with E-state index >= 15 is 0 Å². The molecule has 0 bridgehead atoms. The fourth-order valence-corrected chi connectivity index (χ4v) is 3.90. The second-order valence-corrected chi connectivity index (χ2v) is 7.26. The summed E-state index contributed by atoms with van der Waals surface area (Å²) < 4.78 is 13.8. The summed E-state index contributed by atoms with van der Waals surface area (Å²) in [5, 5.41) is 12.3. The molecule has 1 aliphatic heterocycles. The van der Waals surface area contributed by atoms with Crippen LogP contribution in [0.25, 0.3) is 10.6 Å². The third kappa shape index (κ3) is 3.37. The number of thiazole rings is 1. The lowest BCUT2D eigenvalue weighted by Gasteiger charge is -2.39. The highest BCUT2D eigenvalue weighted by molar-refractivity contribution is 7.13. The summed E-state index contributed by atoms with van der Waals surface area (Å²) in [6.07, 6.45) is 2.17. The minimum Gasteiger partial charge on any atom is -0.396 e. The van der Waals surface area contributed by atoms with Crippen molar-refractivity contribution in [2.45, 2.75) is 26.3 Å². The summed E-state index contributed by atoms with van der Waals surface area (Å²) >= 11 is 1.48. The van der Waals surface area contributed by atoms with E-state index in [-0.39, 0.29) is 17.8 Å². The van der Waals surface area contributed by atoms with Crippen LogP contribution in [0.15, 0.2) is 29.6 Å². The predicted molar refractivity (Wildman–Crippen MR) is 87.2 cm³/mol. The van der Waals surface area contributed by atoms with Gasteiger partial charge in [-0.05, 0) is 31.5 Å². The number of aliphatic hydroxyl groups is 1. The lowest BCUT2D eigenvalue weighted by molar-refractivity contribution is 0.0424. The van der Waals surface area contributed by atoms with Gasteiger partial charge in [-0.15, -0.1) is 11.3 Å². The summed E-state index contributed by atoms with van der Waals surface area (Å²) in [5.41, 5.74) is 1.53. The zero-order valence-electron chi connectivity index (χ0n) is 12.8. The maximum Gasteiger partial charge on any atom is 0.133 e. The average Bonchev–Trinajstić information content (AvgIpc) is 2.96. The van der Waals surface area contributed by atoms with Crippen molar-refractivity contribution >= 4 is 11.3 Å². The molecule has 118 valence electrons. The van der Waals surface area contributed by atoms with Crippen molar-refractivity contribution in [3.63, 3.8) is 0 Å². The zero-order valence-corrected chi connectivity index (χ0v) is 13.6. The molecular weight excluding hydrogens is 299 g/mol. The van der Waals surface area contributed by atoms with Crippen LogP contribution in [-0.2, 0) is 6.54 Å². The number of hydrogen-bond acceptors (Lipinski definition) is 4. The van der Waals surface area contributed by atoms with Crippen molar-refractivity contribution in [2.75, 3.05) is 19.7 Å². The van der Waals surface area contributed by atoms with Crippen molar-refractivity contribution in [3.8, 4) is 10.6 Å². The molecule has 1 aromatic heterocycles. The number of hydrogen-bond donors (Lipinski definition) is 1. The number of rotatable bonds is 4. The molecule has 5 heteroatoms. The highest BCUT2D eigenvalue weighted by atomic mass is 32.1. The summed E-state index contributed by atoms with van der Waals surface area (Å²) in [6.45, 7) is 5.03. The number of aromatic nitrogens is 1. The molecule has 1 atom stereocenters. The van der Waals surface area contributed by atoms with Crippen LogP contribution < -0.4 is 0 Å². The summed E-state index contributed by atoms with van der Waals surface area (Å²) in [5.74, 6) is -0.228. The molecule has 1 fully saturated rings. The SMILES string of the molecule is CC1(CO)CCCN(Cc2csc(-c3ccccc3F)n2)C1. The normalized spacial score (nSPS) is 22.9. The standard InChI is InChI=1S/C17H21FN2OS/c1-17(12-21)7-4-8-20(11-17)9-13-10-22-16(19-13)14-5-2-3-6-15(14)18/h2-3,5-6,10,21H,4,7-9,11-12H2,1H3. The number of aliphatic hydroxyl groups excluding tert-OH is 1. The van der Waals surface area contributed by atoms with Crippen molar-refractivity contribution in [2.24, 2.45) is 5.41 Å². The molecule has 22 heavy (non-hydrogen) atoms. The minimum atomic E-state index is -0.228. The Balaban J connectivity index is 1.71. The number of halogens is 1. The zero-order chi connectivity index (χ0) is 15.6. The Morgan fingerprint density at radius 2 is 2.23 bits per heavy atom. The Hall–Kier alpha value is -1.30. The second-order valence-electron chi connectivity index (χ2n) is 6.41.